The highest BCUT2D eigenvalue weighted by molar-refractivity contribution is 6.43. The van der Waals surface area contributed by atoms with Crippen LogP contribution in [0.3, 0.4) is 0 Å². The zero-order valence-electron chi connectivity index (χ0n) is 14.0. The van der Waals surface area contributed by atoms with Gasteiger partial charge < -0.3 is 16.0 Å². The van der Waals surface area contributed by atoms with Crippen molar-refractivity contribution >= 4 is 34.6 Å². The van der Waals surface area contributed by atoms with Gasteiger partial charge in [0, 0.05) is 23.1 Å². The third-order valence-electron chi connectivity index (χ3n) is 3.59. The number of benzene rings is 3. The van der Waals surface area contributed by atoms with Gasteiger partial charge in [-0.05, 0) is 48.5 Å². The molecule has 0 saturated carbocycles. The van der Waals surface area contributed by atoms with Gasteiger partial charge in [-0.3, -0.25) is 9.59 Å². The van der Waals surface area contributed by atoms with Crippen molar-refractivity contribution in [2.24, 2.45) is 0 Å². The van der Waals surface area contributed by atoms with Gasteiger partial charge in [0.15, 0.2) is 0 Å². The number of carbonyl (C=O) groups is 2. The molecule has 0 aliphatic heterocycles. The van der Waals surface area contributed by atoms with Gasteiger partial charge in [-0.2, -0.15) is 0 Å². The third kappa shape index (κ3) is 4.88. The number of para-hydroxylation sites is 1. The van der Waals surface area contributed by atoms with E-state index in [1.807, 2.05) is 35.6 Å². The van der Waals surface area contributed by atoms with E-state index in [0.717, 1.165) is 29.6 Å². The van der Waals surface area contributed by atoms with Gasteiger partial charge in [0.25, 0.3) is 0 Å². The second-order valence-corrected chi connectivity index (χ2v) is 5.60. The monoisotopic (exact) mass is 367 g/mol. The SMILES string of the molecule is O=C(Nc1ccc(Nc2ccccc2)cc1)C(=O)Nc1cc(F)ccc1F. The Balaban J connectivity index is 1.60. The summed E-state index contributed by atoms with van der Waals surface area (Å²) in [6.45, 7) is 0. The molecule has 0 aliphatic carbocycles. The number of hydrogen-bond acceptors (Lipinski definition) is 3. The predicted molar refractivity (Wildman–Crippen MR) is 99.8 cm³/mol. The molecule has 3 rings (SSSR count). The predicted octanol–water partition coefficient (Wildman–Crippen LogP) is 4.29. The molecule has 0 aliphatic rings. The Hall–Kier alpha value is -3.74. The van der Waals surface area contributed by atoms with Crippen LogP contribution in [0.4, 0.5) is 31.5 Å². The molecular weight excluding hydrogens is 352 g/mol. The molecule has 7 heteroatoms. The fourth-order valence-corrected chi connectivity index (χ4v) is 2.29. The molecule has 3 N–H and O–H groups in total. The smallest absolute Gasteiger partial charge is 0.314 e. The van der Waals surface area contributed by atoms with Crippen LogP contribution in [0.15, 0.2) is 72.8 Å². The lowest BCUT2D eigenvalue weighted by molar-refractivity contribution is -0.133. The molecule has 0 fully saturated rings. The highest BCUT2D eigenvalue weighted by Crippen LogP contribution is 2.19. The Morgan fingerprint density at radius 3 is 1.96 bits per heavy atom. The number of hydrogen-bond donors (Lipinski definition) is 3. The lowest BCUT2D eigenvalue weighted by atomic mass is 10.2. The number of carbonyl (C=O) groups excluding carboxylic acids is 2. The van der Waals surface area contributed by atoms with E-state index in [4.69, 9.17) is 0 Å². The highest BCUT2D eigenvalue weighted by Gasteiger charge is 2.16. The summed E-state index contributed by atoms with van der Waals surface area (Å²) < 4.78 is 26.6. The normalized spacial score (nSPS) is 10.1. The molecule has 0 atom stereocenters. The molecule has 0 spiro atoms. The lowest BCUT2D eigenvalue weighted by Crippen LogP contribution is -2.29. The van der Waals surface area contributed by atoms with Crippen LogP contribution in [-0.2, 0) is 9.59 Å². The number of amides is 2. The maximum absolute atomic E-state index is 13.5. The number of rotatable bonds is 4. The molecule has 0 heterocycles. The average molecular weight is 367 g/mol. The summed E-state index contributed by atoms with van der Waals surface area (Å²) in [4.78, 5) is 23.8. The van der Waals surface area contributed by atoms with Crippen LogP contribution in [0, 0.1) is 11.6 Å². The van der Waals surface area contributed by atoms with Crippen LogP contribution in [-0.4, -0.2) is 11.8 Å². The number of anilines is 4. The first-order chi connectivity index (χ1) is 13.0. The molecule has 2 amide bonds. The second kappa shape index (κ2) is 8.09. The molecule has 0 unspecified atom stereocenters. The molecule has 0 bridgehead atoms. The van der Waals surface area contributed by atoms with Crippen molar-refractivity contribution in [1.82, 2.24) is 0 Å². The van der Waals surface area contributed by atoms with Crippen LogP contribution in [0.5, 0.6) is 0 Å². The van der Waals surface area contributed by atoms with Crippen LogP contribution in [0.2, 0.25) is 0 Å². The van der Waals surface area contributed by atoms with Crippen molar-refractivity contribution in [3.8, 4) is 0 Å². The van der Waals surface area contributed by atoms with Crippen LogP contribution in [0.1, 0.15) is 0 Å². The molecule has 136 valence electrons. The topological polar surface area (TPSA) is 70.2 Å². The van der Waals surface area contributed by atoms with Gasteiger partial charge in [0.05, 0.1) is 5.69 Å². The number of nitrogens with one attached hydrogen (secondary N) is 3. The summed E-state index contributed by atoms with van der Waals surface area (Å²) in [5.74, 6) is -3.67. The van der Waals surface area contributed by atoms with Gasteiger partial charge in [-0.1, -0.05) is 18.2 Å². The largest absolute Gasteiger partial charge is 0.356 e. The standard InChI is InChI=1S/C20H15F2N3O2/c21-13-6-11-17(22)18(12-13)25-20(27)19(26)24-16-9-7-15(8-10-16)23-14-4-2-1-3-5-14/h1-12,23H,(H,24,26)(H,25,27). The minimum atomic E-state index is -1.11. The molecule has 5 nitrogen and oxygen atoms in total. The average Bonchev–Trinajstić information content (AvgIpc) is 2.67. The van der Waals surface area contributed by atoms with Crippen molar-refractivity contribution in [2.45, 2.75) is 0 Å². The maximum atomic E-state index is 13.5. The molecule has 3 aromatic rings. The summed E-state index contributed by atoms with van der Waals surface area (Å²) in [6, 6.07) is 18.8. The van der Waals surface area contributed by atoms with E-state index in [0.29, 0.717) is 5.69 Å². The van der Waals surface area contributed by atoms with Gasteiger partial charge in [0.2, 0.25) is 0 Å². The molecule has 0 saturated heterocycles. The van der Waals surface area contributed by atoms with Gasteiger partial charge in [-0.15, -0.1) is 0 Å². The summed E-state index contributed by atoms with van der Waals surface area (Å²) in [7, 11) is 0. The van der Waals surface area contributed by atoms with E-state index in [2.05, 4.69) is 10.6 Å². The second-order valence-electron chi connectivity index (χ2n) is 5.60. The lowest BCUT2D eigenvalue weighted by Gasteiger charge is -2.09. The van der Waals surface area contributed by atoms with E-state index in [1.54, 1.807) is 24.3 Å². The third-order valence-corrected chi connectivity index (χ3v) is 3.59. The molecular formula is C20H15F2N3O2. The molecule has 3 aromatic carbocycles. The van der Waals surface area contributed by atoms with Crippen molar-refractivity contribution in [1.29, 1.82) is 0 Å². The number of halogens is 2. The van der Waals surface area contributed by atoms with E-state index in [9.17, 15) is 18.4 Å². The van der Waals surface area contributed by atoms with E-state index in [1.165, 1.54) is 0 Å². The Kier molecular flexibility index (Phi) is 5.41. The van der Waals surface area contributed by atoms with Gasteiger partial charge in [0.1, 0.15) is 11.6 Å². The summed E-state index contributed by atoms with van der Waals surface area (Å²) >= 11 is 0. The van der Waals surface area contributed by atoms with Crippen LogP contribution >= 0.6 is 0 Å². The van der Waals surface area contributed by atoms with E-state index >= 15 is 0 Å². The fourth-order valence-electron chi connectivity index (χ4n) is 2.29. The van der Waals surface area contributed by atoms with Crippen LogP contribution < -0.4 is 16.0 Å². The Morgan fingerprint density at radius 2 is 1.26 bits per heavy atom. The Morgan fingerprint density at radius 1 is 0.667 bits per heavy atom. The quantitative estimate of drug-likeness (QED) is 0.603. The van der Waals surface area contributed by atoms with Crippen molar-refractivity contribution < 1.29 is 18.4 Å². The summed E-state index contributed by atoms with van der Waals surface area (Å²) in [5, 5.41) is 7.61. The summed E-state index contributed by atoms with van der Waals surface area (Å²) in [6.07, 6.45) is 0. The summed E-state index contributed by atoms with van der Waals surface area (Å²) in [5.41, 5.74) is 1.68. The van der Waals surface area contributed by atoms with E-state index in [-0.39, 0.29) is 0 Å². The zero-order valence-corrected chi connectivity index (χ0v) is 14.0. The molecule has 27 heavy (non-hydrogen) atoms. The minimum absolute atomic E-state index is 0.383. The zero-order chi connectivity index (χ0) is 19.2. The van der Waals surface area contributed by atoms with Crippen molar-refractivity contribution in [3.63, 3.8) is 0 Å². The maximum Gasteiger partial charge on any atom is 0.314 e. The minimum Gasteiger partial charge on any atom is -0.356 e. The Bertz CT molecular complexity index is 961. The van der Waals surface area contributed by atoms with E-state index < -0.39 is 29.1 Å². The Labute approximate surface area is 154 Å². The fraction of sp³-hybridized carbons (Fsp3) is 0. The first kappa shape index (κ1) is 18.1. The van der Waals surface area contributed by atoms with Crippen LogP contribution in [0.25, 0.3) is 0 Å². The first-order valence-corrected chi connectivity index (χ1v) is 8.01. The van der Waals surface area contributed by atoms with Gasteiger partial charge in [-0.25, -0.2) is 8.78 Å². The van der Waals surface area contributed by atoms with Crippen molar-refractivity contribution in [2.75, 3.05) is 16.0 Å². The molecule has 0 radical (unpaired) electrons. The first-order valence-electron chi connectivity index (χ1n) is 8.01. The van der Waals surface area contributed by atoms with Gasteiger partial charge >= 0.3 is 11.8 Å². The highest BCUT2D eigenvalue weighted by atomic mass is 19.1. The van der Waals surface area contributed by atoms with Crippen molar-refractivity contribution in [3.05, 3.63) is 84.4 Å². The molecule has 0 aromatic heterocycles.